The fourth-order valence-electron chi connectivity index (χ4n) is 4.47. The molecule has 0 amide bonds. The van der Waals surface area contributed by atoms with Crippen molar-refractivity contribution in [3.05, 3.63) is 35.1 Å². The number of rotatable bonds is 1. The number of ketones is 1. The molecule has 0 aromatic heterocycles. The molecule has 114 valence electrons. The van der Waals surface area contributed by atoms with Crippen LogP contribution < -0.4 is 0 Å². The number of carbonyl (C=O) groups is 1. The van der Waals surface area contributed by atoms with Gasteiger partial charge in [-0.2, -0.15) is 0 Å². The molecule has 0 N–H and O–H groups in total. The van der Waals surface area contributed by atoms with Crippen LogP contribution in [-0.4, -0.2) is 31.4 Å². The standard InChI is InChI=1S/C19H28NO/c1-18(2)15-11-12-19(18,3)17(21)16(15)13-7-9-14(10-8-13)20(4,5)6/h7,9-10,15H,8,11-12H2,1-6H3/q+1. The highest BCUT2D eigenvalue weighted by Gasteiger charge is 2.64. The van der Waals surface area contributed by atoms with Gasteiger partial charge < -0.3 is 0 Å². The molecule has 3 aliphatic rings. The summed E-state index contributed by atoms with van der Waals surface area (Å²) in [6.07, 6.45) is 9.83. The lowest BCUT2D eigenvalue weighted by Gasteiger charge is -2.31. The van der Waals surface area contributed by atoms with E-state index in [1.54, 1.807) is 0 Å². The molecule has 3 rings (SSSR count). The molecule has 2 bridgehead atoms. The van der Waals surface area contributed by atoms with E-state index in [1.807, 2.05) is 0 Å². The van der Waals surface area contributed by atoms with E-state index >= 15 is 0 Å². The Labute approximate surface area is 128 Å². The van der Waals surface area contributed by atoms with Crippen LogP contribution in [-0.2, 0) is 4.79 Å². The van der Waals surface area contributed by atoms with Gasteiger partial charge in [-0.25, -0.2) is 0 Å². The van der Waals surface area contributed by atoms with Crippen LogP contribution in [0.25, 0.3) is 0 Å². The molecular weight excluding hydrogens is 258 g/mol. The number of nitrogens with zero attached hydrogens (tertiary/aromatic N) is 1. The summed E-state index contributed by atoms with van der Waals surface area (Å²) < 4.78 is 0.833. The maximum absolute atomic E-state index is 13.0. The first-order valence-corrected chi connectivity index (χ1v) is 8.07. The second kappa shape index (κ2) is 4.19. The fourth-order valence-corrected chi connectivity index (χ4v) is 4.47. The van der Waals surface area contributed by atoms with E-state index in [2.05, 4.69) is 60.1 Å². The van der Waals surface area contributed by atoms with E-state index < -0.39 is 0 Å². The van der Waals surface area contributed by atoms with Crippen molar-refractivity contribution in [2.75, 3.05) is 21.1 Å². The van der Waals surface area contributed by atoms with Gasteiger partial charge >= 0.3 is 0 Å². The van der Waals surface area contributed by atoms with Gasteiger partial charge in [0.25, 0.3) is 0 Å². The van der Waals surface area contributed by atoms with Crippen molar-refractivity contribution < 1.29 is 9.28 Å². The highest BCUT2D eigenvalue weighted by atomic mass is 16.1. The Morgan fingerprint density at radius 3 is 2.24 bits per heavy atom. The number of allylic oxidation sites excluding steroid dienone is 5. The van der Waals surface area contributed by atoms with Crippen molar-refractivity contribution >= 4 is 5.78 Å². The summed E-state index contributed by atoms with van der Waals surface area (Å²) in [6, 6.07) is 0. The summed E-state index contributed by atoms with van der Waals surface area (Å²) in [7, 11) is 6.55. The molecule has 0 aliphatic heterocycles. The van der Waals surface area contributed by atoms with Crippen molar-refractivity contribution in [1.29, 1.82) is 0 Å². The maximum Gasteiger partial charge on any atom is 0.165 e. The Morgan fingerprint density at radius 2 is 1.81 bits per heavy atom. The third-order valence-electron chi connectivity index (χ3n) is 6.43. The van der Waals surface area contributed by atoms with E-state index in [0.717, 1.165) is 22.9 Å². The van der Waals surface area contributed by atoms with Crippen LogP contribution in [0.15, 0.2) is 35.1 Å². The summed E-state index contributed by atoms with van der Waals surface area (Å²) in [5.41, 5.74) is 3.70. The third-order valence-corrected chi connectivity index (χ3v) is 6.43. The molecule has 2 unspecified atom stereocenters. The Kier molecular flexibility index (Phi) is 2.95. The second-order valence-electron chi connectivity index (χ2n) is 8.59. The zero-order chi connectivity index (χ0) is 15.6. The molecule has 21 heavy (non-hydrogen) atoms. The molecule has 0 aromatic rings. The molecule has 2 fully saturated rings. The first-order valence-electron chi connectivity index (χ1n) is 8.07. The quantitative estimate of drug-likeness (QED) is 0.528. The lowest BCUT2D eigenvalue weighted by molar-refractivity contribution is -0.828. The number of quaternary nitrogens is 1. The van der Waals surface area contributed by atoms with E-state index in [-0.39, 0.29) is 10.8 Å². The van der Waals surface area contributed by atoms with E-state index in [9.17, 15) is 4.79 Å². The Balaban J connectivity index is 1.99. The molecule has 0 spiro atoms. The van der Waals surface area contributed by atoms with E-state index in [0.29, 0.717) is 11.7 Å². The minimum absolute atomic E-state index is 0.115. The van der Waals surface area contributed by atoms with Crippen molar-refractivity contribution in [3.8, 4) is 0 Å². The fraction of sp³-hybridized carbons (Fsp3) is 0.632. The molecule has 2 atom stereocenters. The second-order valence-corrected chi connectivity index (χ2v) is 8.59. The number of carbonyl (C=O) groups excluding carboxylic acids is 1. The number of Topliss-reactive ketones (excluding diaryl/α,β-unsaturated/α-hetero) is 1. The Morgan fingerprint density at radius 1 is 1.14 bits per heavy atom. The van der Waals surface area contributed by atoms with Gasteiger partial charge in [-0.15, -0.1) is 0 Å². The predicted octanol–water partition coefficient (Wildman–Crippen LogP) is 3.86. The monoisotopic (exact) mass is 286 g/mol. The largest absolute Gasteiger partial charge is 0.299 e. The van der Waals surface area contributed by atoms with Gasteiger partial charge in [0, 0.05) is 11.0 Å². The van der Waals surface area contributed by atoms with Crippen LogP contribution in [0, 0.1) is 16.7 Å². The molecule has 0 heterocycles. The van der Waals surface area contributed by atoms with E-state index in [4.69, 9.17) is 0 Å². The average Bonchev–Trinajstić information content (AvgIpc) is 2.70. The minimum atomic E-state index is -0.141. The van der Waals surface area contributed by atoms with Crippen molar-refractivity contribution in [2.45, 2.75) is 40.0 Å². The van der Waals surface area contributed by atoms with Gasteiger partial charge in [-0.1, -0.05) is 26.8 Å². The zero-order valence-corrected chi connectivity index (χ0v) is 14.3. The van der Waals surface area contributed by atoms with Crippen molar-refractivity contribution in [2.24, 2.45) is 16.7 Å². The number of fused-ring (bicyclic) bond motifs is 2. The van der Waals surface area contributed by atoms with Crippen LogP contribution >= 0.6 is 0 Å². The third kappa shape index (κ3) is 1.85. The number of hydrogen-bond donors (Lipinski definition) is 0. The van der Waals surface area contributed by atoms with Crippen LogP contribution in [0.5, 0.6) is 0 Å². The topological polar surface area (TPSA) is 17.1 Å². The maximum atomic E-state index is 13.0. The van der Waals surface area contributed by atoms with Crippen LogP contribution in [0.2, 0.25) is 0 Å². The molecule has 2 saturated carbocycles. The molecule has 0 radical (unpaired) electrons. The first-order chi connectivity index (χ1) is 9.59. The van der Waals surface area contributed by atoms with Gasteiger partial charge in [-0.3, -0.25) is 9.28 Å². The van der Waals surface area contributed by atoms with Crippen molar-refractivity contribution in [1.82, 2.24) is 0 Å². The molecule has 3 aliphatic carbocycles. The number of hydrogen-bond acceptors (Lipinski definition) is 1. The predicted molar refractivity (Wildman–Crippen MR) is 86.5 cm³/mol. The molecule has 2 heteroatoms. The Bertz CT molecular complexity index is 598. The summed E-state index contributed by atoms with van der Waals surface area (Å²) in [5, 5.41) is 0. The normalized spacial score (nSPS) is 38.1. The van der Waals surface area contributed by atoms with Crippen molar-refractivity contribution in [3.63, 3.8) is 0 Å². The van der Waals surface area contributed by atoms with Gasteiger partial charge in [0.05, 0.1) is 21.1 Å². The van der Waals surface area contributed by atoms with Crippen LogP contribution in [0.4, 0.5) is 0 Å². The van der Waals surface area contributed by atoms with Crippen LogP contribution in [0.1, 0.15) is 40.0 Å². The summed E-state index contributed by atoms with van der Waals surface area (Å²) in [5.74, 6) is 0.874. The van der Waals surface area contributed by atoms with Gasteiger partial charge in [0.15, 0.2) is 5.78 Å². The zero-order valence-electron chi connectivity index (χ0n) is 14.3. The lowest BCUT2D eigenvalue weighted by Crippen LogP contribution is -2.33. The first kappa shape index (κ1) is 14.8. The highest BCUT2D eigenvalue weighted by molar-refractivity contribution is 6.05. The molecule has 2 nitrogen and oxygen atoms in total. The summed E-state index contributed by atoms with van der Waals surface area (Å²) >= 11 is 0. The minimum Gasteiger partial charge on any atom is -0.299 e. The van der Waals surface area contributed by atoms with Crippen LogP contribution in [0.3, 0.4) is 0 Å². The average molecular weight is 286 g/mol. The molecule has 0 aromatic carbocycles. The van der Waals surface area contributed by atoms with Gasteiger partial charge in [-0.05, 0) is 48.3 Å². The Hall–Kier alpha value is -1.15. The number of likely N-dealkylation sites (N-methyl/N-ethyl adjacent to an activating group) is 1. The van der Waals surface area contributed by atoms with Gasteiger partial charge in [0.1, 0.15) is 5.70 Å². The van der Waals surface area contributed by atoms with E-state index in [1.165, 1.54) is 17.7 Å². The summed E-state index contributed by atoms with van der Waals surface area (Å²) in [6.45, 7) is 6.76. The molecule has 0 saturated heterocycles. The van der Waals surface area contributed by atoms with Gasteiger partial charge in [0.2, 0.25) is 0 Å². The smallest absolute Gasteiger partial charge is 0.165 e. The highest BCUT2D eigenvalue weighted by Crippen LogP contribution is 2.66. The molecular formula is C19H28NO+. The SMILES string of the molecule is CC12CCC(C(=C3C=CC([N+](C)(C)C)=CC3)C1=O)C2(C)C. The lowest BCUT2D eigenvalue weighted by atomic mass is 9.70. The summed E-state index contributed by atoms with van der Waals surface area (Å²) in [4.78, 5) is 13.0.